The van der Waals surface area contributed by atoms with Crippen LogP contribution in [0.25, 0.3) is 0 Å². The van der Waals surface area contributed by atoms with Crippen molar-refractivity contribution in [1.29, 1.82) is 0 Å². The van der Waals surface area contributed by atoms with Crippen LogP contribution in [0.3, 0.4) is 0 Å². The van der Waals surface area contributed by atoms with Crippen molar-refractivity contribution in [3.8, 4) is 0 Å². The Bertz CT molecular complexity index is 97.4. The molecule has 0 aromatic carbocycles. The van der Waals surface area contributed by atoms with Gasteiger partial charge in [0.25, 0.3) is 0 Å². The number of hydrogen-bond acceptors (Lipinski definition) is 1. The van der Waals surface area contributed by atoms with Crippen LogP contribution in [0.15, 0.2) is 12.7 Å². The number of rotatable bonds is 3. The Morgan fingerprint density at radius 1 is 1.60 bits per heavy atom. The van der Waals surface area contributed by atoms with Gasteiger partial charge in [-0.25, -0.2) is 0 Å². The summed E-state index contributed by atoms with van der Waals surface area (Å²) >= 11 is 0. The van der Waals surface area contributed by atoms with E-state index in [0.717, 1.165) is 6.54 Å². The number of hydrogen-bond donors (Lipinski definition) is 0. The summed E-state index contributed by atoms with van der Waals surface area (Å²) in [6.07, 6.45) is 1.88. The van der Waals surface area contributed by atoms with E-state index in [9.17, 15) is 0 Å². The topological polar surface area (TPSA) is 3.24 Å². The Labute approximate surface area is 88.2 Å². The van der Waals surface area contributed by atoms with Crippen LogP contribution in [-0.2, 0) is 0 Å². The molecule has 1 atom stereocenters. The third-order valence-electron chi connectivity index (χ3n) is 1.17. The van der Waals surface area contributed by atoms with Crippen molar-refractivity contribution in [2.45, 2.75) is 6.92 Å². The minimum Gasteiger partial charge on any atom is -0.333 e. The standard InChI is InChI=1S/C8H16N.U/c1-6-8(2,3)7-9(4)5;/h6H,1-2,7H2,3-5H3;/q-1;. The maximum atomic E-state index is 3.97. The molecule has 0 aliphatic rings. The van der Waals surface area contributed by atoms with Crippen molar-refractivity contribution in [1.82, 2.24) is 4.90 Å². The van der Waals surface area contributed by atoms with E-state index in [0.29, 0.717) is 0 Å². The van der Waals surface area contributed by atoms with Crippen molar-refractivity contribution in [2.75, 3.05) is 20.6 Å². The molecule has 0 heterocycles. The summed E-state index contributed by atoms with van der Waals surface area (Å²) in [7, 11) is 4.07. The fourth-order valence-electron chi connectivity index (χ4n) is 0.787. The summed E-state index contributed by atoms with van der Waals surface area (Å²) in [6, 6.07) is 0. The first-order chi connectivity index (χ1) is 3.98. The predicted octanol–water partition coefficient (Wildman–Crippen LogP) is 1.57. The molecule has 1 nitrogen and oxygen atoms in total. The molecule has 0 spiro atoms. The maximum absolute atomic E-state index is 3.97. The summed E-state index contributed by atoms with van der Waals surface area (Å²) < 4.78 is 0. The second-order valence-electron chi connectivity index (χ2n) is 3.10. The summed E-state index contributed by atoms with van der Waals surface area (Å²) in [5.41, 5.74) is 0.00347. The number of nitrogens with zero attached hydrogens (tertiary/aromatic N) is 1. The Morgan fingerprint density at radius 2 is 2.00 bits per heavy atom. The molecule has 0 bridgehead atoms. The van der Waals surface area contributed by atoms with Crippen LogP contribution in [0, 0.1) is 43.5 Å². The third-order valence-corrected chi connectivity index (χ3v) is 1.17. The Hall–Kier alpha value is 0.752. The summed E-state index contributed by atoms with van der Waals surface area (Å²) in [5.74, 6) is 0. The summed E-state index contributed by atoms with van der Waals surface area (Å²) in [6.45, 7) is 10.7. The van der Waals surface area contributed by atoms with Gasteiger partial charge in [0.05, 0.1) is 0 Å². The Kier molecular flexibility index (Phi) is 7.22. The molecular weight excluding hydrogens is 348 g/mol. The molecule has 58 valence electrons. The van der Waals surface area contributed by atoms with E-state index >= 15 is 0 Å². The van der Waals surface area contributed by atoms with Crippen molar-refractivity contribution >= 4 is 0 Å². The first-order valence-electron chi connectivity index (χ1n) is 3.11. The van der Waals surface area contributed by atoms with E-state index in [1.54, 1.807) is 0 Å². The van der Waals surface area contributed by atoms with Gasteiger partial charge in [-0.2, -0.15) is 0 Å². The SMILES string of the molecule is C=CC([CH2-])(C)CN(C)C.[U]. The van der Waals surface area contributed by atoms with Gasteiger partial charge < -0.3 is 11.8 Å². The van der Waals surface area contributed by atoms with Gasteiger partial charge in [-0.05, 0) is 20.6 Å². The first-order valence-corrected chi connectivity index (χ1v) is 3.11. The molecule has 1 unspecified atom stereocenters. The van der Waals surface area contributed by atoms with Crippen LogP contribution in [0.5, 0.6) is 0 Å². The molecule has 0 aromatic heterocycles. The van der Waals surface area contributed by atoms with E-state index < -0.39 is 0 Å². The van der Waals surface area contributed by atoms with Gasteiger partial charge in [0.15, 0.2) is 0 Å². The van der Waals surface area contributed by atoms with E-state index in [4.69, 9.17) is 0 Å². The Balaban J connectivity index is 0. The van der Waals surface area contributed by atoms with E-state index in [1.807, 2.05) is 20.2 Å². The maximum Gasteiger partial charge on any atom is 0 e. The van der Waals surface area contributed by atoms with Gasteiger partial charge in [0, 0.05) is 31.1 Å². The van der Waals surface area contributed by atoms with E-state index in [-0.39, 0.29) is 36.5 Å². The average Bonchev–Trinajstić information content (AvgIpc) is 1.63. The van der Waals surface area contributed by atoms with Gasteiger partial charge >= 0.3 is 0 Å². The van der Waals surface area contributed by atoms with E-state index in [2.05, 4.69) is 25.3 Å². The molecule has 2 heteroatoms. The molecule has 0 saturated carbocycles. The molecule has 0 aromatic rings. The second-order valence-corrected chi connectivity index (χ2v) is 3.10. The third kappa shape index (κ3) is 6.87. The van der Waals surface area contributed by atoms with Crippen molar-refractivity contribution in [3.05, 3.63) is 19.6 Å². The zero-order valence-corrected chi connectivity index (χ0v) is 11.3. The molecule has 0 N–H and O–H groups in total. The average molecular weight is 364 g/mol. The molecule has 0 fully saturated rings. The van der Waals surface area contributed by atoms with E-state index in [1.165, 1.54) is 0 Å². The smallest absolute Gasteiger partial charge is 0 e. The molecule has 0 amide bonds. The normalized spacial score (nSPS) is 15.7. The first kappa shape index (κ1) is 13.3. The molecule has 0 radical (unpaired) electrons. The zero-order chi connectivity index (χ0) is 7.49. The molecule has 0 saturated heterocycles. The predicted molar refractivity (Wildman–Crippen MR) is 42.2 cm³/mol. The molecular formula is C8H16NU-. The minimum atomic E-state index is 0. The Morgan fingerprint density at radius 3 is 2.10 bits per heavy atom. The zero-order valence-electron chi connectivity index (χ0n) is 7.15. The minimum absolute atomic E-state index is 0. The van der Waals surface area contributed by atoms with Crippen molar-refractivity contribution < 1.29 is 31.1 Å². The van der Waals surface area contributed by atoms with Gasteiger partial charge in [-0.3, -0.25) is 0 Å². The van der Waals surface area contributed by atoms with Crippen LogP contribution < -0.4 is 0 Å². The quantitative estimate of drug-likeness (QED) is 0.543. The van der Waals surface area contributed by atoms with Crippen molar-refractivity contribution in [2.24, 2.45) is 5.41 Å². The molecule has 10 heavy (non-hydrogen) atoms. The van der Waals surface area contributed by atoms with Crippen LogP contribution in [0.4, 0.5) is 0 Å². The van der Waals surface area contributed by atoms with Crippen LogP contribution in [0.1, 0.15) is 6.92 Å². The van der Waals surface area contributed by atoms with Crippen LogP contribution in [-0.4, -0.2) is 25.5 Å². The summed E-state index contributed by atoms with van der Waals surface area (Å²) in [5, 5.41) is 0. The van der Waals surface area contributed by atoms with Gasteiger partial charge in [-0.15, -0.1) is 18.1 Å². The van der Waals surface area contributed by atoms with Crippen LogP contribution in [0.2, 0.25) is 0 Å². The molecule has 0 aliphatic heterocycles. The largest absolute Gasteiger partial charge is 0.333 e. The van der Waals surface area contributed by atoms with Gasteiger partial charge in [0.2, 0.25) is 0 Å². The van der Waals surface area contributed by atoms with Gasteiger partial charge in [-0.1, -0.05) is 6.92 Å². The molecule has 0 rings (SSSR count). The van der Waals surface area contributed by atoms with Crippen LogP contribution >= 0.6 is 0 Å². The van der Waals surface area contributed by atoms with Gasteiger partial charge in [0.1, 0.15) is 0 Å². The molecule has 0 aliphatic carbocycles. The fraction of sp³-hybridized carbons (Fsp3) is 0.625. The second kappa shape index (κ2) is 5.41. The monoisotopic (exact) mass is 364 g/mol. The van der Waals surface area contributed by atoms with Crippen molar-refractivity contribution in [3.63, 3.8) is 0 Å². The fourth-order valence-corrected chi connectivity index (χ4v) is 0.787. The summed E-state index contributed by atoms with van der Waals surface area (Å²) in [4.78, 5) is 2.11.